The number of amidine groups is 1. The molecule has 0 aliphatic rings. The largest absolute Gasteiger partial charge is 0.395 e. The van der Waals surface area contributed by atoms with E-state index in [0.717, 1.165) is 48.9 Å². The third-order valence-electron chi connectivity index (χ3n) is 6.06. The summed E-state index contributed by atoms with van der Waals surface area (Å²) in [5.41, 5.74) is 5.55. The molecule has 0 fully saturated rings. The van der Waals surface area contributed by atoms with Crippen molar-refractivity contribution >= 4 is 39.3 Å². The number of aliphatic hydroxyl groups excluding tert-OH is 1. The number of aliphatic imine (C=N–C) groups is 2. The molecule has 0 heterocycles. The van der Waals surface area contributed by atoms with Crippen LogP contribution in [0.4, 0.5) is 11.4 Å². The Balaban J connectivity index is 0.000000404. The molecule has 0 saturated carbocycles. The number of rotatable bonds is 11. The fourth-order valence-electron chi connectivity index (χ4n) is 4.05. The highest BCUT2D eigenvalue weighted by molar-refractivity contribution is 6.44. The molecule has 3 aromatic carbocycles. The van der Waals surface area contributed by atoms with E-state index in [9.17, 15) is 5.11 Å². The number of hydrogen-bond donors (Lipinski definition) is 3. The van der Waals surface area contributed by atoms with Crippen molar-refractivity contribution in [2.45, 2.75) is 40.5 Å². The first-order valence-electron chi connectivity index (χ1n) is 14.0. The summed E-state index contributed by atoms with van der Waals surface area (Å²) >= 11 is 0. The Hall–Kier alpha value is -3.90. The van der Waals surface area contributed by atoms with Gasteiger partial charge in [0, 0.05) is 45.1 Å². The molecule has 40 heavy (non-hydrogen) atoms. The van der Waals surface area contributed by atoms with E-state index < -0.39 is 0 Å². The molecule has 0 atom stereocenters. The summed E-state index contributed by atoms with van der Waals surface area (Å²) in [5.74, 6) is 0.798. The van der Waals surface area contributed by atoms with Crippen LogP contribution in [-0.2, 0) is 0 Å². The second-order valence-corrected chi connectivity index (χ2v) is 9.10. The van der Waals surface area contributed by atoms with Gasteiger partial charge < -0.3 is 20.6 Å². The minimum absolute atomic E-state index is 0.166. The standard InChI is InChI=1S/C18H30N4O.C14H15N.C2H4/c1-5-11-20-15(3)18(19-4)21-16-7-9-17(10-8-16)22(12-6-2)13-14-23;1-11(10-15-2)13-8-7-12-5-3-4-6-14(12)9-13;1-2/h7-10,23H,5-6,11-14H2,1-4H3,(H,19,21);3-10,15H,1-2H3;1-2H2/b;11-10+;. The van der Waals surface area contributed by atoms with E-state index in [0.29, 0.717) is 6.54 Å². The molecule has 0 spiro atoms. The molecule has 0 unspecified atom stereocenters. The SMILES string of the molecule is C=C.CCCN=C(C)C(=NC)Nc1ccc(N(CCC)CCO)cc1.CN/C=C(\C)c1ccc2ccccc2c1. The lowest BCUT2D eigenvalue weighted by Gasteiger charge is -2.23. The predicted octanol–water partition coefficient (Wildman–Crippen LogP) is 7.43. The Labute approximate surface area is 242 Å². The van der Waals surface area contributed by atoms with Gasteiger partial charge in [-0.05, 0) is 85.1 Å². The molecule has 0 radical (unpaired) electrons. The first kappa shape index (κ1) is 34.1. The summed E-state index contributed by atoms with van der Waals surface area (Å²) in [5, 5.41) is 18.1. The molecule has 0 aliphatic carbocycles. The zero-order valence-corrected chi connectivity index (χ0v) is 25.4. The molecule has 3 aromatic rings. The molecule has 0 saturated heterocycles. The summed E-state index contributed by atoms with van der Waals surface area (Å²) in [6, 6.07) is 23.2. The van der Waals surface area contributed by atoms with Crippen molar-refractivity contribution in [3.05, 3.63) is 91.7 Å². The Morgan fingerprint density at radius 2 is 1.60 bits per heavy atom. The number of allylic oxidation sites excluding steroid dienone is 1. The lowest BCUT2D eigenvalue weighted by Crippen LogP contribution is -2.27. The third-order valence-corrected chi connectivity index (χ3v) is 6.06. The Morgan fingerprint density at radius 3 is 2.17 bits per heavy atom. The van der Waals surface area contributed by atoms with Crippen molar-refractivity contribution in [1.82, 2.24) is 5.32 Å². The minimum atomic E-state index is 0.166. The summed E-state index contributed by atoms with van der Waals surface area (Å²) in [6.07, 6.45) is 4.10. The number of aliphatic hydroxyl groups is 1. The van der Waals surface area contributed by atoms with Gasteiger partial charge >= 0.3 is 0 Å². The second kappa shape index (κ2) is 20.1. The Morgan fingerprint density at radius 1 is 0.925 bits per heavy atom. The van der Waals surface area contributed by atoms with E-state index in [2.05, 4.69) is 114 Å². The molecule has 6 heteroatoms. The number of fused-ring (bicyclic) bond motifs is 1. The van der Waals surface area contributed by atoms with E-state index in [-0.39, 0.29) is 6.61 Å². The van der Waals surface area contributed by atoms with Gasteiger partial charge in [-0.15, -0.1) is 13.2 Å². The lowest BCUT2D eigenvalue weighted by atomic mass is 10.0. The van der Waals surface area contributed by atoms with Crippen LogP contribution in [0.3, 0.4) is 0 Å². The van der Waals surface area contributed by atoms with Crippen molar-refractivity contribution in [3.8, 4) is 0 Å². The third kappa shape index (κ3) is 11.5. The van der Waals surface area contributed by atoms with Crippen LogP contribution in [0.25, 0.3) is 16.3 Å². The van der Waals surface area contributed by atoms with E-state index in [1.165, 1.54) is 21.9 Å². The average molecular weight is 544 g/mol. The van der Waals surface area contributed by atoms with Gasteiger partial charge in [0.05, 0.1) is 12.3 Å². The fraction of sp³-hybridized carbons (Fsp3) is 0.353. The first-order chi connectivity index (χ1) is 19.5. The molecule has 3 rings (SSSR count). The maximum absolute atomic E-state index is 9.18. The monoisotopic (exact) mass is 543 g/mol. The predicted molar refractivity (Wildman–Crippen MR) is 179 cm³/mol. The number of anilines is 2. The summed E-state index contributed by atoms with van der Waals surface area (Å²) in [4.78, 5) is 11.0. The van der Waals surface area contributed by atoms with Gasteiger partial charge in [0.15, 0.2) is 0 Å². The smallest absolute Gasteiger partial charge is 0.146 e. The molecule has 6 nitrogen and oxygen atoms in total. The molecule has 0 aromatic heterocycles. The Kier molecular flexibility index (Phi) is 17.1. The maximum atomic E-state index is 9.18. The highest BCUT2D eigenvalue weighted by Crippen LogP contribution is 2.20. The van der Waals surface area contributed by atoms with Crippen molar-refractivity contribution in [1.29, 1.82) is 0 Å². The van der Waals surface area contributed by atoms with E-state index in [1.807, 2.05) is 32.3 Å². The van der Waals surface area contributed by atoms with Crippen LogP contribution in [0.5, 0.6) is 0 Å². The summed E-state index contributed by atoms with van der Waals surface area (Å²) < 4.78 is 0. The van der Waals surface area contributed by atoms with Gasteiger partial charge in [-0.1, -0.05) is 50.2 Å². The second-order valence-electron chi connectivity index (χ2n) is 9.10. The van der Waals surface area contributed by atoms with Gasteiger partial charge in [-0.3, -0.25) is 9.98 Å². The quantitative estimate of drug-likeness (QED) is 0.134. The van der Waals surface area contributed by atoms with E-state index in [1.54, 1.807) is 7.05 Å². The van der Waals surface area contributed by atoms with Crippen molar-refractivity contribution in [2.24, 2.45) is 9.98 Å². The lowest BCUT2D eigenvalue weighted by molar-refractivity contribution is 0.302. The van der Waals surface area contributed by atoms with Gasteiger partial charge in [0.25, 0.3) is 0 Å². The number of benzene rings is 3. The molecule has 216 valence electrons. The minimum Gasteiger partial charge on any atom is -0.395 e. The normalized spacial score (nSPS) is 11.6. The van der Waals surface area contributed by atoms with Gasteiger partial charge in [0.2, 0.25) is 0 Å². The molecular formula is C34H49N5O. The van der Waals surface area contributed by atoms with Crippen LogP contribution in [0.2, 0.25) is 0 Å². The number of nitrogens with zero attached hydrogens (tertiary/aromatic N) is 3. The summed E-state index contributed by atoms with van der Waals surface area (Å²) in [7, 11) is 3.69. The zero-order chi connectivity index (χ0) is 29.8. The van der Waals surface area contributed by atoms with Gasteiger partial charge in [-0.25, -0.2) is 0 Å². The molecular weight excluding hydrogens is 494 g/mol. The van der Waals surface area contributed by atoms with Crippen LogP contribution in [-0.4, -0.2) is 57.0 Å². The van der Waals surface area contributed by atoms with Crippen molar-refractivity contribution in [3.63, 3.8) is 0 Å². The van der Waals surface area contributed by atoms with Crippen LogP contribution < -0.4 is 15.5 Å². The van der Waals surface area contributed by atoms with Gasteiger partial charge in [-0.2, -0.15) is 0 Å². The first-order valence-corrected chi connectivity index (χ1v) is 14.0. The number of nitrogens with one attached hydrogen (secondary N) is 2. The Bertz CT molecular complexity index is 1210. The average Bonchev–Trinajstić information content (AvgIpc) is 3.00. The van der Waals surface area contributed by atoms with Crippen LogP contribution in [0, 0.1) is 0 Å². The fourth-order valence-corrected chi connectivity index (χ4v) is 4.05. The van der Waals surface area contributed by atoms with E-state index in [4.69, 9.17) is 0 Å². The molecule has 3 N–H and O–H groups in total. The molecule has 0 amide bonds. The zero-order valence-electron chi connectivity index (χ0n) is 25.4. The van der Waals surface area contributed by atoms with Crippen LogP contribution >= 0.6 is 0 Å². The highest BCUT2D eigenvalue weighted by Gasteiger charge is 2.07. The maximum Gasteiger partial charge on any atom is 0.146 e. The summed E-state index contributed by atoms with van der Waals surface area (Å²) in [6.45, 7) is 16.9. The van der Waals surface area contributed by atoms with Gasteiger partial charge in [0.1, 0.15) is 5.84 Å². The van der Waals surface area contributed by atoms with Crippen LogP contribution in [0.1, 0.15) is 46.1 Å². The van der Waals surface area contributed by atoms with Crippen LogP contribution in [0.15, 0.2) is 96.1 Å². The topological polar surface area (TPSA) is 72.2 Å². The van der Waals surface area contributed by atoms with Crippen molar-refractivity contribution in [2.75, 3.05) is 50.6 Å². The van der Waals surface area contributed by atoms with Crippen molar-refractivity contribution < 1.29 is 5.11 Å². The highest BCUT2D eigenvalue weighted by atomic mass is 16.3. The number of hydrogen-bond acceptors (Lipinski definition) is 5. The molecule has 0 aliphatic heterocycles. The van der Waals surface area contributed by atoms with E-state index >= 15 is 0 Å². The molecule has 0 bridgehead atoms.